The Morgan fingerprint density at radius 1 is 1.25 bits per heavy atom. The van der Waals surface area contributed by atoms with E-state index < -0.39 is 41.8 Å². The second-order valence-corrected chi connectivity index (χ2v) is 7.97. The maximum Gasteiger partial charge on any atom is 1.00 e. The molecule has 0 saturated carbocycles. The van der Waals surface area contributed by atoms with Gasteiger partial charge in [0.15, 0.2) is 0 Å². The minimum absolute atomic E-state index is 0. The van der Waals surface area contributed by atoms with Gasteiger partial charge in [0, 0.05) is 30.5 Å². The van der Waals surface area contributed by atoms with Crippen molar-refractivity contribution in [1.82, 2.24) is 14.7 Å². The first-order valence-electron chi connectivity index (χ1n) is 8.88. The minimum atomic E-state index is -1.46. The van der Waals surface area contributed by atoms with Gasteiger partial charge in [-0.2, -0.15) is 0 Å². The van der Waals surface area contributed by atoms with E-state index in [0.717, 1.165) is 11.8 Å². The number of aliphatic hydroxyl groups is 1. The van der Waals surface area contributed by atoms with Gasteiger partial charge in [-0.3, -0.25) is 14.4 Å². The summed E-state index contributed by atoms with van der Waals surface area (Å²) in [7, 11) is 0. The number of fused-ring (bicyclic) bond motifs is 1. The van der Waals surface area contributed by atoms with Crippen molar-refractivity contribution in [3.63, 3.8) is 0 Å². The number of rotatable bonds is 6. The van der Waals surface area contributed by atoms with Gasteiger partial charge in [-0.1, -0.05) is 6.92 Å². The maximum atomic E-state index is 12.3. The van der Waals surface area contributed by atoms with Crippen molar-refractivity contribution in [3.05, 3.63) is 10.6 Å². The number of carboxylic acids is 1. The van der Waals surface area contributed by atoms with E-state index >= 15 is 0 Å². The Morgan fingerprint density at radius 2 is 1.82 bits per heavy atom. The molecule has 11 heteroatoms. The first kappa shape index (κ1) is 23.2. The first-order chi connectivity index (χ1) is 12.7. The number of piperazine rings is 1. The summed E-state index contributed by atoms with van der Waals surface area (Å²) in [6.07, 6.45) is -0.880. The van der Waals surface area contributed by atoms with Gasteiger partial charge in [0.1, 0.15) is 0 Å². The Labute approximate surface area is 189 Å². The molecule has 0 radical (unpaired) electrons. The fourth-order valence-corrected chi connectivity index (χ4v) is 5.26. The molecule has 0 aromatic rings. The maximum absolute atomic E-state index is 12.3. The standard InChI is InChI=1S/C17H23N3O6S.Na/c1-4-18-5-6-19(16(24)15(18)23)7-27-13-8(2)11-10(9(3)21)14(22)20(11)12(13)17(25)26;/h8-11,21H,4-7H2,1-3H3,(H,25,26);/q;+1/p-1. The van der Waals surface area contributed by atoms with Gasteiger partial charge >= 0.3 is 41.4 Å². The van der Waals surface area contributed by atoms with Crippen LogP contribution < -0.4 is 34.7 Å². The SMILES string of the molecule is CCN1CCN(CSC2=C(C(=O)[O-])N3C(=O)C(C(C)O)C3C2C)C(=O)C1=O.[Na+]. The fourth-order valence-electron chi connectivity index (χ4n) is 3.99. The van der Waals surface area contributed by atoms with Crippen molar-refractivity contribution in [2.24, 2.45) is 11.8 Å². The number of hydrogen-bond donors (Lipinski definition) is 1. The van der Waals surface area contributed by atoms with Crippen LogP contribution in [-0.4, -0.2) is 81.2 Å². The molecule has 0 bridgehead atoms. The molecule has 1 N–H and O–H groups in total. The summed E-state index contributed by atoms with van der Waals surface area (Å²) in [4.78, 5) is 52.6. The zero-order valence-electron chi connectivity index (χ0n) is 16.4. The average Bonchev–Trinajstić information content (AvgIpc) is 2.85. The third-order valence-electron chi connectivity index (χ3n) is 5.46. The van der Waals surface area contributed by atoms with E-state index in [1.54, 1.807) is 13.8 Å². The molecular formula is C17H22N3NaO6S. The number of carbonyl (C=O) groups is 4. The van der Waals surface area contributed by atoms with Crippen molar-refractivity contribution >= 4 is 35.5 Å². The number of carbonyl (C=O) groups excluding carboxylic acids is 4. The summed E-state index contributed by atoms with van der Waals surface area (Å²) in [5.41, 5.74) is -0.189. The fraction of sp³-hybridized carbons (Fsp3) is 0.647. The zero-order chi connectivity index (χ0) is 20.0. The van der Waals surface area contributed by atoms with Crippen LogP contribution in [0.15, 0.2) is 10.6 Å². The molecule has 0 aromatic heterocycles. The van der Waals surface area contributed by atoms with E-state index in [1.807, 2.05) is 0 Å². The van der Waals surface area contributed by atoms with Crippen molar-refractivity contribution in [2.45, 2.75) is 32.9 Å². The normalized spacial score (nSPS) is 28.2. The molecule has 0 aromatic carbocycles. The van der Waals surface area contributed by atoms with Gasteiger partial charge in [0.25, 0.3) is 0 Å². The van der Waals surface area contributed by atoms with Crippen molar-refractivity contribution in [2.75, 3.05) is 25.5 Å². The number of hydrogen-bond acceptors (Lipinski definition) is 7. The Morgan fingerprint density at radius 3 is 2.36 bits per heavy atom. The summed E-state index contributed by atoms with van der Waals surface area (Å²) in [6.45, 7) is 6.36. The molecule has 4 unspecified atom stereocenters. The molecular weight excluding hydrogens is 397 g/mol. The van der Waals surface area contributed by atoms with Crippen LogP contribution in [0.3, 0.4) is 0 Å². The zero-order valence-corrected chi connectivity index (χ0v) is 19.2. The Balaban J connectivity index is 0.00000280. The van der Waals surface area contributed by atoms with E-state index in [9.17, 15) is 29.4 Å². The third kappa shape index (κ3) is 3.60. The number of nitrogens with zero attached hydrogens (tertiary/aromatic N) is 3. The van der Waals surface area contributed by atoms with Crippen LogP contribution in [0.25, 0.3) is 0 Å². The van der Waals surface area contributed by atoms with Crippen molar-refractivity contribution in [3.8, 4) is 0 Å². The van der Waals surface area contributed by atoms with E-state index in [0.29, 0.717) is 24.5 Å². The average molecular weight is 419 g/mol. The third-order valence-corrected chi connectivity index (χ3v) is 6.77. The quantitative estimate of drug-likeness (QED) is 0.261. The van der Waals surface area contributed by atoms with Gasteiger partial charge in [-0.05, 0) is 13.8 Å². The van der Waals surface area contributed by atoms with Crippen LogP contribution in [0, 0.1) is 11.8 Å². The molecule has 0 spiro atoms. The van der Waals surface area contributed by atoms with Crippen LogP contribution >= 0.6 is 11.8 Å². The van der Waals surface area contributed by atoms with Crippen LogP contribution in [0.5, 0.6) is 0 Å². The first-order valence-corrected chi connectivity index (χ1v) is 9.86. The molecule has 3 rings (SSSR count). The molecule has 3 aliphatic heterocycles. The molecule has 3 heterocycles. The predicted octanol–water partition coefficient (Wildman–Crippen LogP) is -4.81. The number of aliphatic hydroxyl groups excluding tert-OH is 1. The molecule has 3 amide bonds. The van der Waals surface area contributed by atoms with Crippen LogP contribution in [-0.2, 0) is 19.2 Å². The number of likely N-dealkylation sites (N-methyl/N-ethyl adjacent to an activating group) is 1. The van der Waals surface area contributed by atoms with Crippen LogP contribution in [0.4, 0.5) is 0 Å². The molecule has 2 fully saturated rings. The summed E-state index contributed by atoms with van der Waals surface area (Å²) in [6, 6.07) is -0.429. The summed E-state index contributed by atoms with van der Waals surface area (Å²) in [5, 5.41) is 21.5. The van der Waals surface area contributed by atoms with E-state index in [-0.39, 0.29) is 47.0 Å². The molecule has 0 aliphatic carbocycles. The van der Waals surface area contributed by atoms with Gasteiger partial charge in [-0.15, -0.1) is 11.8 Å². The van der Waals surface area contributed by atoms with Crippen LogP contribution in [0.2, 0.25) is 0 Å². The second-order valence-electron chi connectivity index (χ2n) is 6.98. The topological polar surface area (TPSA) is 121 Å². The minimum Gasteiger partial charge on any atom is -0.543 e. The number of thioether (sulfide) groups is 1. The smallest absolute Gasteiger partial charge is 0.543 e. The van der Waals surface area contributed by atoms with Gasteiger partial charge in [0.05, 0.1) is 35.6 Å². The molecule has 3 aliphatic rings. The molecule has 4 atom stereocenters. The summed E-state index contributed by atoms with van der Waals surface area (Å²) >= 11 is 1.13. The van der Waals surface area contributed by atoms with E-state index in [2.05, 4.69) is 0 Å². The molecule has 2 saturated heterocycles. The number of amides is 3. The molecule has 28 heavy (non-hydrogen) atoms. The van der Waals surface area contributed by atoms with Gasteiger partial charge in [-0.25, -0.2) is 0 Å². The Bertz CT molecular complexity index is 742. The monoisotopic (exact) mass is 419 g/mol. The number of carboxylic acid groups (broad SMARTS) is 1. The number of aliphatic carboxylic acids is 1. The van der Waals surface area contributed by atoms with Gasteiger partial charge in [0.2, 0.25) is 5.91 Å². The van der Waals surface area contributed by atoms with Crippen LogP contribution in [0.1, 0.15) is 20.8 Å². The number of β-lactam (4-membered cyclic amide) rings is 1. The van der Waals surface area contributed by atoms with E-state index in [4.69, 9.17) is 0 Å². The molecule has 148 valence electrons. The van der Waals surface area contributed by atoms with Gasteiger partial charge < -0.3 is 29.7 Å². The van der Waals surface area contributed by atoms with E-state index in [1.165, 1.54) is 21.6 Å². The van der Waals surface area contributed by atoms with Crippen molar-refractivity contribution in [1.29, 1.82) is 0 Å². The predicted molar refractivity (Wildman–Crippen MR) is 93.4 cm³/mol. The Kier molecular flexibility index (Phi) is 7.25. The summed E-state index contributed by atoms with van der Waals surface area (Å²) in [5.74, 6) is -3.90. The summed E-state index contributed by atoms with van der Waals surface area (Å²) < 4.78 is 0. The largest absolute Gasteiger partial charge is 1.00 e. The molecule has 9 nitrogen and oxygen atoms in total. The Hall–Kier alpha value is -1.07. The van der Waals surface area contributed by atoms with Crippen molar-refractivity contribution < 1.29 is 58.9 Å². The second kappa shape index (κ2) is 8.74.